The first-order valence-corrected chi connectivity index (χ1v) is 4.87. The van der Waals surface area contributed by atoms with E-state index in [1.165, 1.54) is 0 Å². The molecule has 78 valence electrons. The molecule has 2 N–H and O–H groups in total. The van der Waals surface area contributed by atoms with Gasteiger partial charge in [0.15, 0.2) is 0 Å². The second kappa shape index (κ2) is 3.57. The fraction of sp³-hybridized carbons (Fsp3) is 0.778. The second-order valence-electron chi connectivity index (χ2n) is 3.80. The van der Waals surface area contributed by atoms with E-state index in [9.17, 15) is 9.59 Å². The lowest BCUT2D eigenvalue weighted by atomic mass is 10.2. The Bertz CT molecular complexity index is 263. The van der Waals surface area contributed by atoms with Gasteiger partial charge in [-0.05, 0) is 12.8 Å². The largest absolute Gasteiger partial charge is 0.377 e. The van der Waals surface area contributed by atoms with Crippen LogP contribution in [0.4, 0.5) is 0 Å². The Labute approximate surface area is 82.2 Å². The molecule has 2 amide bonds. The topological polar surface area (TPSA) is 72.6 Å². The van der Waals surface area contributed by atoms with E-state index >= 15 is 0 Å². The lowest BCUT2D eigenvalue weighted by Gasteiger charge is -2.33. The SMILES string of the molecule is NC(=O)C1COCCN1C(=O)C1CC1. The van der Waals surface area contributed by atoms with Crippen LogP contribution in [0.5, 0.6) is 0 Å². The van der Waals surface area contributed by atoms with Crippen LogP contribution < -0.4 is 5.73 Å². The Hall–Kier alpha value is -1.10. The molecule has 1 heterocycles. The Morgan fingerprint density at radius 1 is 1.36 bits per heavy atom. The average Bonchev–Trinajstić information content (AvgIpc) is 3.00. The van der Waals surface area contributed by atoms with Gasteiger partial charge in [-0.25, -0.2) is 0 Å². The molecule has 2 fully saturated rings. The van der Waals surface area contributed by atoms with Gasteiger partial charge in [0.2, 0.25) is 11.8 Å². The minimum Gasteiger partial charge on any atom is -0.377 e. The van der Waals surface area contributed by atoms with E-state index in [0.29, 0.717) is 13.2 Å². The highest BCUT2D eigenvalue weighted by Crippen LogP contribution is 2.32. The van der Waals surface area contributed by atoms with Crippen molar-refractivity contribution in [3.05, 3.63) is 0 Å². The van der Waals surface area contributed by atoms with Gasteiger partial charge in [-0.15, -0.1) is 0 Å². The monoisotopic (exact) mass is 198 g/mol. The first-order valence-electron chi connectivity index (χ1n) is 4.87. The minimum atomic E-state index is -0.558. The first-order chi connectivity index (χ1) is 6.70. The van der Waals surface area contributed by atoms with Crippen molar-refractivity contribution in [3.8, 4) is 0 Å². The molecule has 1 saturated carbocycles. The summed E-state index contributed by atoms with van der Waals surface area (Å²) in [6, 6.07) is -0.558. The van der Waals surface area contributed by atoms with Gasteiger partial charge in [-0.2, -0.15) is 0 Å². The maximum Gasteiger partial charge on any atom is 0.242 e. The Morgan fingerprint density at radius 3 is 2.64 bits per heavy atom. The summed E-state index contributed by atoms with van der Waals surface area (Å²) < 4.78 is 5.13. The molecule has 5 nitrogen and oxygen atoms in total. The molecule has 2 aliphatic rings. The standard InChI is InChI=1S/C9H14N2O3/c10-8(12)7-5-14-4-3-11(7)9(13)6-1-2-6/h6-7H,1-5H2,(H2,10,12). The molecule has 0 bridgehead atoms. The number of hydrogen-bond acceptors (Lipinski definition) is 3. The van der Waals surface area contributed by atoms with E-state index in [1.807, 2.05) is 0 Å². The number of ether oxygens (including phenoxy) is 1. The van der Waals surface area contributed by atoms with E-state index in [-0.39, 0.29) is 18.4 Å². The molecule has 0 aromatic heterocycles. The highest BCUT2D eigenvalue weighted by Gasteiger charge is 2.39. The zero-order chi connectivity index (χ0) is 10.1. The molecule has 0 aromatic rings. The molecule has 0 radical (unpaired) electrons. The summed E-state index contributed by atoms with van der Waals surface area (Å²) in [6.07, 6.45) is 1.89. The van der Waals surface area contributed by atoms with Crippen LogP contribution in [0, 0.1) is 5.92 Å². The van der Waals surface area contributed by atoms with Gasteiger partial charge in [0.25, 0.3) is 0 Å². The van der Waals surface area contributed by atoms with Crippen molar-refractivity contribution >= 4 is 11.8 Å². The molecular formula is C9H14N2O3. The van der Waals surface area contributed by atoms with Crippen molar-refractivity contribution < 1.29 is 14.3 Å². The number of carbonyl (C=O) groups excluding carboxylic acids is 2. The predicted octanol–water partition coefficient (Wildman–Crippen LogP) is -0.891. The molecule has 0 aromatic carbocycles. The zero-order valence-corrected chi connectivity index (χ0v) is 7.94. The highest BCUT2D eigenvalue weighted by molar-refractivity contribution is 5.88. The van der Waals surface area contributed by atoms with Crippen LogP contribution in [0.1, 0.15) is 12.8 Å². The van der Waals surface area contributed by atoms with Crippen LogP contribution in [0.3, 0.4) is 0 Å². The van der Waals surface area contributed by atoms with Gasteiger partial charge in [0.1, 0.15) is 6.04 Å². The van der Waals surface area contributed by atoms with Crippen LogP contribution in [0.15, 0.2) is 0 Å². The Morgan fingerprint density at radius 2 is 2.07 bits per heavy atom. The normalized spacial score (nSPS) is 27.4. The van der Waals surface area contributed by atoms with Crippen molar-refractivity contribution in [2.75, 3.05) is 19.8 Å². The van der Waals surface area contributed by atoms with Gasteiger partial charge in [-0.3, -0.25) is 9.59 Å². The summed E-state index contributed by atoms with van der Waals surface area (Å²) in [5.41, 5.74) is 5.20. The third kappa shape index (κ3) is 1.72. The molecule has 1 aliphatic heterocycles. The van der Waals surface area contributed by atoms with Crippen molar-refractivity contribution in [2.45, 2.75) is 18.9 Å². The fourth-order valence-corrected chi connectivity index (χ4v) is 1.67. The van der Waals surface area contributed by atoms with Crippen LogP contribution >= 0.6 is 0 Å². The number of nitrogens with zero attached hydrogens (tertiary/aromatic N) is 1. The quantitative estimate of drug-likeness (QED) is 0.625. The summed E-state index contributed by atoms with van der Waals surface area (Å²) in [4.78, 5) is 24.4. The lowest BCUT2D eigenvalue weighted by molar-refractivity contribution is -0.148. The number of amides is 2. The molecule has 1 saturated heterocycles. The van der Waals surface area contributed by atoms with Crippen molar-refractivity contribution in [3.63, 3.8) is 0 Å². The van der Waals surface area contributed by atoms with E-state index in [0.717, 1.165) is 12.8 Å². The summed E-state index contributed by atoms with van der Waals surface area (Å²) in [5.74, 6) is -0.272. The molecule has 2 rings (SSSR count). The summed E-state index contributed by atoms with van der Waals surface area (Å²) in [6.45, 7) is 1.24. The zero-order valence-electron chi connectivity index (χ0n) is 7.94. The first kappa shape index (κ1) is 9.45. The van der Waals surface area contributed by atoms with E-state index in [2.05, 4.69) is 0 Å². The maximum atomic E-state index is 11.7. The fourth-order valence-electron chi connectivity index (χ4n) is 1.67. The number of nitrogens with two attached hydrogens (primary N) is 1. The van der Waals surface area contributed by atoms with Gasteiger partial charge in [0, 0.05) is 12.5 Å². The number of primary amides is 1. The molecule has 1 aliphatic carbocycles. The summed E-state index contributed by atoms with van der Waals surface area (Å²) >= 11 is 0. The number of hydrogen-bond donors (Lipinski definition) is 1. The van der Waals surface area contributed by atoms with Crippen molar-refractivity contribution in [1.82, 2.24) is 4.90 Å². The highest BCUT2D eigenvalue weighted by atomic mass is 16.5. The van der Waals surface area contributed by atoms with Crippen LogP contribution in [-0.4, -0.2) is 42.5 Å². The predicted molar refractivity (Wildman–Crippen MR) is 48.2 cm³/mol. The van der Waals surface area contributed by atoms with Crippen molar-refractivity contribution in [2.24, 2.45) is 11.7 Å². The molecule has 1 unspecified atom stereocenters. The molecular weight excluding hydrogens is 184 g/mol. The third-order valence-electron chi connectivity index (χ3n) is 2.67. The Kier molecular flexibility index (Phi) is 2.41. The molecule has 1 atom stereocenters. The summed E-state index contributed by atoms with van der Waals surface area (Å²) in [5, 5.41) is 0. The smallest absolute Gasteiger partial charge is 0.242 e. The van der Waals surface area contributed by atoms with E-state index in [4.69, 9.17) is 10.5 Å². The summed E-state index contributed by atoms with van der Waals surface area (Å²) in [7, 11) is 0. The van der Waals surface area contributed by atoms with Crippen LogP contribution in [0.2, 0.25) is 0 Å². The second-order valence-corrected chi connectivity index (χ2v) is 3.80. The van der Waals surface area contributed by atoms with Gasteiger partial charge in [0.05, 0.1) is 13.2 Å². The lowest BCUT2D eigenvalue weighted by Crippen LogP contribution is -2.55. The number of rotatable bonds is 2. The van der Waals surface area contributed by atoms with Gasteiger partial charge >= 0.3 is 0 Å². The molecule has 5 heteroatoms. The van der Waals surface area contributed by atoms with E-state index < -0.39 is 11.9 Å². The number of morpholine rings is 1. The van der Waals surface area contributed by atoms with Gasteiger partial charge in [-0.1, -0.05) is 0 Å². The molecule has 14 heavy (non-hydrogen) atoms. The third-order valence-corrected chi connectivity index (χ3v) is 2.67. The van der Waals surface area contributed by atoms with Crippen LogP contribution in [0.25, 0.3) is 0 Å². The maximum absolute atomic E-state index is 11.7. The van der Waals surface area contributed by atoms with Crippen LogP contribution in [-0.2, 0) is 14.3 Å². The average molecular weight is 198 g/mol. The number of carbonyl (C=O) groups is 2. The molecule has 0 spiro atoms. The van der Waals surface area contributed by atoms with Crippen molar-refractivity contribution in [1.29, 1.82) is 0 Å². The Balaban J connectivity index is 2.05. The minimum absolute atomic E-state index is 0.0668. The van der Waals surface area contributed by atoms with Gasteiger partial charge < -0.3 is 15.4 Å². The van der Waals surface area contributed by atoms with E-state index in [1.54, 1.807) is 4.90 Å².